The number of halogens is 3. The van der Waals surface area contributed by atoms with Crippen LogP contribution in [-0.2, 0) is 9.53 Å². The molecule has 1 aliphatic rings. The molecule has 0 unspecified atom stereocenters. The summed E-state index contributed by atoms with van der Waals surface area (Å²) in [6.45, 7) is 1.19. The summed E-state index contributed by atoms with van der Waals surface area (Å²) in [6.07, 6.45) is 0.373. The van der Waals surface area contributed by atoms with Crippen LogP contribution in [0.5, 0.6) is 0 Å². The Morgan fingerprint density at radius 3 is 2.35 bits per heavy atom. The maximum Gasteiger partial charge on any atom is 0.411 e. The van der Waals surface area contributed by atoms with Gasteiger partial charge >= 0.3 is 6.18 Å². The lowest BCUT2D eigenvalue weighted by atomic mass is 9.91. The predicted molar refractivity (Wildman–Crippen MR) is 69.4 cm³/mol. The van der Waals surface area contributed by atoms with Crippen LogP contribution in [0, 0.1) is 0 Å². The van der Waals surface area contributed by atoms with E-state index in [2.05, 4.69) is 22.3 Å². The van der Waals surface area contributed by atoms with Gasteiger partial charge in [-0.2, -0.15) is 13.2 Å². The van der Waals surface area contributed by atoms with Crippen molar-refractivity contribution in [3.8, 4) is 0 Å². The first-order chi connectivity index (χ1) is 9.40. The van der Waals surface area contributed by atoms with E-state index in [0.29, 0.717) is 6.04 Å². The van der Waals surface area contributed by atoms with Crippen LogP contribution in [0.1, 0.15) is 39.0 Å². The zero-order chi connectivity index (χ0) is 15.0. The molecule has 4 nitrogen and oxygen atoms in total. The smallest absolute Gasteiger partial charge is 0.362 e. The number of amides is 1. The maximum atomic E-state index is 11.8. The number of hydrogen-bond acceptors (Lipinski definition) is 3. The highest BCUT2D eigenvalue weighted by Gasteiger charge is 2.28. The minimum atomic E-state index is -4.39. The molecule has 0 saturated heterocycles. The lowest BCUT2D eigenvalue weighted by molar-refractivity contribution is -0.175. The highest BCUT2D eigenvalue weighted by molar-refractivity contribution is 5.77. The molecule has 118 valence electrons. The second-order valence-corrected chi connectivity index (χ2v) is 5.18. The molecule has 2 N–H and O–H groups in total. The first kappa shape index (κ1) is 17.2. The van der Waals surface area contributed by atoms with Gasteiger partial charge in [0.1, 0.15) is 13.2 Å². The van der Waals surface area contributed by atoms with Crippen molar-refractivity contribution in [2.75, 3.05) is 19.8 Å². The Balaban J connectivity index is 2.12. The van der Waals surface area contributed by atoms with E-state index < -0.39 is 25.3 Å². The Labute approximate surface area is 117 Å². The molecule has 0 aromatic carbocycles. The van der Waals surface area contributed by atoms with Crippen molar-refractivity contribution in [1.29, 1.82) is 0 Å². The Bertz CT molecular complexity index is 290. The number of hydrogen-bond donors (Lipinski definition) is 2. The van der Waals surface area contributed by atoms with Gasteiger partial charge in [0.2, 0.25) is 5.91 Å². The standard InChI is InChI=1S/C13H23F3N2O2/c1-2-7-17-10-3-5-11(6-4-10)18-12(19)8-20-9-13(14,15)16/h10-11,17H,2-9H2,1H3,(H,18,19). The molecule has 20 heavy (non-hydrogen) atoms. The van der Waals surface area contributed by atoms with E-state index in [1.165, 1.54) is 0 Å². The summed E-state index contributed by atoms with van der Waals surface area (Å²) in [7, 11) is 0. The summed E-state index contributed by atoms with van der Waals surface area (Å²) in [5.74, 6) is -0.473. The van der Waals surface area contributed by atoms with Crippen LogP contribution in [-0.4, -0.2) is 43.9 Å². The third-order valence-corrected chi connectivity index (χ3v) is 3.27. The number of nitrogens with one attached hydrogen (secondary N) is 2. The summed E-state index contributed by atoms with van der Waals surface area (Å²) in [6, 6.07) is 0.543. The Morgan fingerprint density at radius 1 is 1.20 bits per heavy atom. The molecule has 0 aliphatic heterocycles. The fourth-order valence-corrected chi connectivity index (χ4v) is 2.32. The van der Waals surface area contributed by atoms with Gasteiger partial charge in [-0.05, 0) is 38.6 Å². The van der Waals surface area contributed by atoms with Crippen LogP contribution in [0.2, 0.25) is 0 Å². The Morgan fingerprint density at radius 2 is 1.80 bits per heavy atom. The van der Waals surface area contributed by atoms with Gasteiger partial charge in [0.15, 0.2) is 0 Å². The van der Waals surface area contributed by atoms with Gasteiger partial charge in [-0.15, -0.1) is 0 Å². The van der Waals surface area contributed by atoms with Crippen molar-refractivity contribution >= 4 is 5.91 Å². The molecule has 1 amide bonds. The zero-order valence-electron chi connectivity index (χ0n) is 11.8. The van der Waals surface area contributed by atoms with Crippen molar-refractivity contribution in [3.05, 3.63) is 0 Å². The second-order valence-electron chi connectivity index (χ2n) is 5.18. The number of alkyl halides is 3. The molecule has 1 aliphatic carbocycles. The fourth-order valence-electron chi connectivity index (χ4n) is 2.32. The minimum absolute atomic E-state index is 0.0525. The van der Waals surface area contributed by atoms with E-state index in [-0.39, 0.29) is 6.04 Å². The predicted octanol–water partition coefficient (Wildman–Crippen LogP) is 1.99. The van der Waals surface area contributed by atoms with Crippen LogP contribution >= 0.6 is 0 Å². The van der Waals surface area contributed by atoms with Gasteiger partial charge in [0, 0.05) is 12.1 Å². The summed E-state index contributed by atoms with van der Waals surface area (Å²) < 4.78 is 39.9. The van der Waals surface area contributed by atoms with Crippen molar-refractivity contribution in [2.45, 2.75) is 57.3 Å². The van der Waals surface area contributed by atoms with Gasteiger partial charge in [-0.3, -0.25) is 4.79 Å². The van der Waals surface area contributed by atoms with E-state index in [9.17, 15) is 18.0 Å². The van der Waals surface area contributed by atoms with Crippen LogP contribution in [0.15, 0.2) is 0 Å². The molecular formula is C13H23F3N2O2. The van der Waals surface area contributed by atoms with Crippen LogP contribution in [0.25, 0.3) is 0 Å². The molecule has 1 saturated carbocycles. The van der Waals surface area contributed by atoms with Crippen LogP contribution in [0.3, 0.4) is 0 Å². The second kappa shape index (κ2) is 8.46. The van der Waals surface area contributed by atoms with Gasteiger partial charge in [-0.1, -0.05) is 6.92 Å². The topological polar surface area (TPSA) is 50.4 Å². The molecule has 0 atom stereocenters. The molecule has 0 spiro atoms. The highest BCUT2D eigenvalue weighted by atomic mass is 19.4. The van der Waals surface area contributed by atoms with Crippen LogP contribution < -0.4 is 10.6 Å². The first-order valence-electron chi connectivity index (χ1n) is 7.08. The van der Waals surface area contributed by atoms with Crippen LogP contribution in [0.4, 0.5) is 13.2 Å². The van der Waals surface area contributed by atoms with E-state index in [0.717, 1.165) is 38.6 Å². The van der Waals surface area contributed by atoms with Gasteiger partial charge in [0.25, 0.3) is 0 Å². The lowest BCUT2D eigenvalue weighted by Gasteiger charge is -2.29. The third-order valence-electron chi connectivity index (χ3n) is 3.27. The van der Waals surface area contributed by atoms with E-state index >= 15 is 0 Å². The number of rotatable bonds is 7. The van der Waals surface area contributed by atoms with Gasteiger partial charge in [-0.25, -0.2) is 0 Å². The summed E-state index contributed by atoms with van der Waals surface area (Å²) >= 11 is 0. The minimum Gasteiger partial charge on any atom is -0.362 e. The van der Waals surface area contributed by atoms with Crippen molar-refractivity contribution in [2.24, 2.45) is 0 Å². The van der Waals surface area contributed by atoms with Crippen molar-refractivity contribution < 1.29 is 22.7 Å². The fraction of sp³-hybridized carbons (Fsp3) is 0.923. The molecule has 0 heterocycles. The molecule has 1 rings (SSSR count). The normalized spacial score (nSPS) is 23.6. The lowest BCUT2D eigenvalue weighted by Crippen LogP contribution is -2.43. The average molecular weight is 296 g/mol. The zero-order valence-corrected chi connectivity index (χ0v) is 11.8. The third kappa shape index (κ3) is 7.69. The quantitative estimate of drug-likeness (QED) is 0.755. The number of ether oxygens (including phenoxy) is 1. The summed E-state index contributed by atoms with van der Waals surface area (Å²) in [5, 5.41) is 6.16. The molecule has 7 heteroatoms. The number of carbonyl (C=O) groups excluding carboxylic acids is 1. The number of carbonyl (C=O) groups is 1. The van der Waals surface area contributed by atoms with Crippen molar-refractivity contribution in [3.63, 3.8) is 0 Å². The van der Waals surface area contributed by atoms with E-state index in [1.807, 2.05) is 0 Å². The molecular weight excluding hydrogens is 273 g/mol. The monoisotopic (exact) mass is 296 g/mol. The largest absolute Gasteiger partial charge is 0.411 e. The SMILES string of the molecule is CCCNC1CCC(NC(=O)COCC(F)(F)F)CC1. The van der Waals surface area contributed by atoms with Gasteiger partial charge < -0.3 is 15.4 Å². The molecule has 0 aromatic rings. The molecule has 0 aromatic heterocycles. The summed E-state index contributed by atoms with van der Waals surface area (Å²) in [4.78, 5) is 11.4. The molecule has 0 radical (unpaired) electrons. The van der Waals surface area contributed by atoms with Gasteiger partial charge in [0.05, 0.1) is 0 Å². The summed E-state index contributed by atoms with van der Waals surface area (Å²) in [5.41, 5.74) is 0. The van der Waals surface area contributed by atoms with Crippen molar-refractivity contribution in [1.82, 2.24) is 10.6 Å². The van der Waals surface area contributed by atoms with E-state index in [1.54, 1.807) is 0 Å². The molecule has 1 fully saturated rings. The molecule has 0 bridgehead atoms. The first-order valence-corrected chi connectivity index (χ1v) is 7.08. The average Bonchev–Trinajstić information content (AvgIpc) is 2.36. The van der Waals surface area contributed by atoms with E-state index in [4.69, 9.17) is 0 Å². The Hall–Kier alpha value is -0.820. The maximum absolute atomic E-state index is 11.8. The Kier molecular flexibility index (Phi) is 7.29. The highest BCUT2D eigenvalue weighted by Crippen LogP contribution is 2.18.